The highest BCUT2D eigenvalue weighted by molar-refractivity contribution is 5.77. The molecule has 0 aromatic heterocycles. The van der Waals surface area contributed by atoms with E-state index < -0.39 is 6.61 Å². The zero-order valence-corrected chi connectivity index (χ0v) is 10.7. The van der Waals surface area contributed by atoms with Crippen LogP contribution in [0.3, 0.4) is 0 Å². The second kappa shape index (κ2) is 6.71. The van der Waals surface area contributed by atoms with Crippen LogP contribution in [0.5, 0.6) is 0 Å². The highest BCUT2D eigenvalue weighted by atomic mass is 16.3. The summed E-state index contributed by atoms with van der Waals surface area (Å²) < 4.78 is 0. The van der Waals surface area contributed by atoms with Crippen LogP contribution in [0.1, 0.15) is 11.1 Å². The molecule has 0 aliphatic heterocycles. The lowest BCUT2D eigenvalue weighted by atomic mass is 10.1. The van der Waals surface area contributed by atoms with Gasteiger partial charge in [-0.1, -0.05) is 60.7 Å². The van der Waals surface area contributed by atoms with Crippen LogP contribution in [-0.2, 0) is 17.9 Å². The van der Waals surface area contributed by atoms with Gasteiger partial charge in [0.25, 0.3) is 0 Å². The maximum absolute atomic E-state index is 11.8. The average Bonchev–Trinajstić information content (AvgIpc) is 2.48. The van der Waals surface area contributed by atoms with E-state index in [-0.39, 0.29) is 5.91 Å². The van der Waals surface area contributed by atoms with Crippen molar-refractivity contribution in [3.63, 3.8) is 0 Å². The molecule has 0 aliphatic carbocycles. The number of hydrogen-bond acceptors (Lipinski definition) is 2. The van der Waals surface area contributed by atoms with Gasteiger partial charge < -0.3 is 10.0 Å². The predicted octanol–water partition coefficient (Wildman–Crippen LogP) is 2.21. The van der Waals surface area contributed by atoms with Crippen molar-refractivity contribution in [2.45, 2.75) is 13.1 Å². The topological polar surface area (TPSA) is 40.5 Å². The van der Waals surface area contributed by atoms with Crippen LogP contribution >= 0.6 is 0 Å². The molecule has 1 N–H and O–H groups in total. The molecule has 0 saturated carbocycles. The molecule has 0 aliphatic rings. The average molecular weight is 255 g/mol. The first kappa shape index (κ1) is 13.3. The Labute approximate surface area is 113 Å². The summed E-state index contributed by atoms with van der Waals surface area (Å²) in [5.41, 5.74) is 2.11. The Hall–Kier alpha value is -2.13. The van der Waals surface area contributed by atoms with E-state index in [1.807, 2.05) is 60.7 Å². The fourth-order valence-electron chi connectivity index (χ4n) is 1.94. The van der Waals surface area contributed by atoms with Gasteiger partial charge in [-0.25, -0.2) is 0 Å². The summed E-state index contributed by atoms with van der Waals surface area (Å²) in [5.74, 6) is -0.257. The third-order valence-electron chi connectivity index (χ3n) is 2.92. The number of rotatable bonds is 5. The van der Waals surface area contributed by atoms with Gasteiger partial charge in [-0.3, -0.25) is 4.79 Å². The molecule has 19 heavy (non-hydrogen) atoms. The fourth-order valence-corrected chi connectivity index (χ4v) is 1.94. The van der Waals surface area contributed by atoms with E-state index in [2.05, 4.69) is 0 Å². The van der Waals surface area contributed by atoms with Gasteiger partial charge in [-0.2, -0.15) is 0 Å². The summed E-state index contributed by atoms with van der Waals surface area (Å²) in [4.78, 5) is 13.5. The summed E-state index contributed by atoms with van der Waals surface area (Å²) in [6.45, 7) is 0.559. The summed E-state index contributed by atoms with van der Waals surface area (Å²) in [5, 5.41) is 9.07. The minimum Gasteiger partial charge on any atom is -0.387 e. The largest absolute Gasteiger partial charge is 0.387 e. The molecule has 0 unspecified atom stereocenters. The quantitative estimate of drug-likeness (QED) is 0.890. The van der Waals surface area contributed by atoms with Crippen LogP contribution < -0.4 is 0 Å². The van der Waals surface area contributed by atoms with E-state index in [0.717, 1.165) is 11.1 Å². The first-order chi connectivity index (χ1) is 9.29. The molecule has 0 fully saturated rings. The van der Waals surface area contributed by atoms with E-state index in [1.54, 1.807) is 4.90 Å². The van der Waals surface area contributed by atoms with Crippen LogP contribution in [-0.4, -0.2) is 22.5 Å². The van der Waals surface area contributed by atoms with Crippen molar-refractivity contribution in [3.8, 4) is 0 Å². The van der Waals surface area contributed by atoms with E-state index in [1.165, 1.54) is 0 Å². The second-order valence-electron chi connectivity index (χ2n) is 4.38. The zero-order valence-electron chi connectivity index (χ0n) is 10.7. The number of benzene rings is 2. The molecule has 2 aromatic carbocycles. The zero-order chi connectivity index (χ0) is 13.5. The van der Waals surface area contributed by atoms with Gasteiger partial charge in [-0.15, -0.1) is 0 Å². The summed E-state index contributed by atoms with van der Waals surface area (Å²) in [6.07, 6.45) is 0. The minimum absolute atomic E-state index is 0.257. The molecular formula is C16H17NO2. The summed E-state index contributed by atoms with van der Waals surface area (Å²) in [6, 6.07) is 19.6. The van der Waals surface area contributed by atoms with Crippen molar-refractivity contribution in [3.05, 3.63) is 71.8 Å². The molecule has 2 aromatic rings. The summed E-state index contributed by atoms with van der Waals surface area (Å²) in [7, 11) is 0. The van der Waals surface area contributed by atoms with Crippen molar-refractivity contribution >= 4 is 5.91 Å². The smallest absolute Gasteiger partial charge is 0.248 e. The lowest BCUT2D eigenvalue weighted by Gasteiger charge is -2.22. The molecule has 3 nitrogen and oxygen atoms in total. The van der Waals surface area contributed by atoms with Gasteiger partial charge in [0.15, 0.2) is 0 Å². The molecular weight excluding hydrogens is 238 g/mol. The molecule has 0 spiro atoms. The maximum Gasteiger partial charge on any atom is 0.248 e. The van der Waals surface area contributed by atoms with Crippen molar-refractivity contribution in [1.82, 2.24) is 4.90 Å². The second-order valence-corrected chi connectivity index (χ2v) is 4.38. The third kappa shape index (κ3) is 3.93. The van der Waals surface area contributed by atoms with Gasteiger partial charge in [0, 0.05) is 13.1 Å². The van der Waals surface area contributed by atoms with Gasteiger partial charge in [0.05, 0.1) is 0 Å². The van der Waals surface area contributed by atoms with Crippen LogP contribution in [0, 0.1) is 0 Å². The van der Waals surface area contributed by atoms with Gasteiger partial charge in [0.2, 0.25) is 5.91 Å². The molecule has 0 radical (unpaired) electrons. The van der Waals surface area contributed by atoms with Crippen molar-refractivity contribution in [1.29, 1.82) is 0 Å². The Morgan fingerprint density at radius 1 is 0.842 bits per heavy atom. The molecule has 0 heterocycles. The first-order valence-corrected chi connectivity index (χ1v) is 6.26. The number of carbonyl (C=O) groups excluding carboxylic acids is 1. The van der Waals surface area contributed by atoms with Crippen LogP contribution in [0.15, 0.2) is 60.7 Å². The monoisotopic (exact) mass is 255 g/mol. The Bertz CT molecular complexity index is 469. The molecule has 0 saturated heterocycles. The Kier molecular flexibility index (Phi) is 4.70. The molecule has 0 atom stereocenters. The number of hydrogen-bond donors (Lipinski definition) is 1. The third-order valence-corrected chi connectivity index (χ3v) is 2.92. The predicted molar refractivity (Wildman–Crippen MR) is 74.2 cm³/mol. The SMILES string of the molecule is O=C(CO)N(Cc1ccccc1)Cc1ccccc1. The minimum atomic E-state index is -0.459. The van der Waals surface area contributed by atoms with Gasteiger partial charge in [0.1, 0.15) is 6.61 Å². The lowest BCUT2D eigenvalue weighted by Crippen LogP contribution is -2.32. The van der Waals surface area contributed by atoms with Crippen LogP contribution in [0.25, 0.3) is 0 Å². The van der Waals surface area contributed by atoms with Gasteiger partial charge >= 0.3 is 0 Å². The van der Waals surface area contributed by atoms with Crippen molar-refractivity contribution in [2.75, 3.05) is 6.61 Å². The molecule has 3 heteroatoms. The normalized spacial score (nSPS) is 10.2. The van der Waals surface area contributed by atoms with E-state index in [0.29, 0.717) is 13.1 Å². The number of carbonyl (C=O) groups is 1. The van der Waals surface area contributed by atoms with Crippen LogP contribution in [0.2, 0.25) is 0 Å². The highest BCUT2D eigenvalue weighted by Gasteiger charge is 2.13. The number of aliphatic hydroxyl groups excluding tert-OH is 1. The fraction of sp³-hybridized carbons (Fsp3) is 0.188. The van der Waals surface area contributed by atoms with Gasteiger partial charge in [-0.05, 0) is 11.1 Å². The number of nitrogens with zero attached hydrogens (tertiary/aromatic N) is 1. The Morgan fingerprint density at radius 3 is 1.63 bits per heavy atom. The number of aliphatic hydroxyl groups is 1. The van der Waals surface area contributed by atoms with Crippen molar-refractivity contribution in [2.24, 2.45) is 0 Å². The molecule has 0 bridgehead atoms. The van der Waals surface area contributed by atoms with Crippen molar-refractivity contribution < 1.29 is 9.90 Å². The maximum atomic E-state index is 11.8. The Balaban J connectivity index is 2.10. The standard InChI is InChI=1S/C16H17NO2/c18-13-16(19)17(11-14-7-3-1-4-8-14)12-15-9-5-2-6-10-15/h1-10,18H,11-13H2. The summed E-state index contributed by atoms with van der Waals surface area (Å²) >= 11 is 0. The number of amides is 1. The Morgan fingerprint density at radius 2 is 1.26 bits per heavy atom. The lowest BCUT2D eigenvalue weighted by molar-refractivity contribution is -0.135. The van der Waals surface area contributed by atoms with Crippen LogP contribution in [0.4, 0.5) is 0 Å². The molecule has 2 rings (SSSR count). The van der Waals surface area contributed by atoms with E-state index in [9.17, 15) is 4.79 Å². The molecule has 1 amide bonds. The van der Waals surface area contributed by atoms with E-state index in [4.69, 9.17) is 5.11 Å². The highest BCUT2D eigenvalue weighted by Crippen LogP contribution is 2.10. The first-order valence-electron chi connectivity index (χ1n) is 6.26. The molecule has 98 valence electrons. The van der Waals surface area contributed by atoms with E-state index >= 15 is 0 Å².